The summed E-state index contributed by atoms with van der Waals surface area (Å²) < 4.78 is 62.0. The molecule has 0 radical (unpaired) electrons. The van der Waals surface area contributed by atoms with Crippen LogP contribution in [0.3, 0.4) is 0 Å². The molecule has 596 valence electrons. The first-order valence-electron chi connectivity index (χ1n) is 40.2. The Balaban J connectivity index is 0.000000142. The van der Waals surface area contributed by atoms with Crippen molar-refractivity contribution >= 4 is 56.2 Å². The largest absolute Gasteiger partial charge is 0.455 e. The van der Waals surface area contributed by atoms with E-state index in [1.165, 1.54) is 71.9 Å². The van der Waals surface area contributed by atoms with Crippen molar-refractivity contribution in [3.63, 3.8) is 0 Å². The van der Waals surface area contributed by atoms with Crippen LogP contribution in [0.15, 0.2) is 287 Å². The van der Waals surface area contributed by atoms with E-state index in [-0.39, 0.29) is 95.0 Å². The Morgan fingerprint density at radius 2 is 0.442 bits per heavy atom. The van der Waals surface area contributed by atoms with Gasteiger partial charge in [0.05, 0.1) is 32.7 Å². The number of carbonyl (C=O) groups excluding carboxylic acids is 4. The van der Waals surface area contributed by atoms with Crippen LogP contribution in [-0.4, -0.2) is 46.6 Å². The first kappa shape index (κ1) is 85.9. The van der Waals surface area contributed by atoms with Crippen molar-refractivity contribution in [1.82, 2.24) is 0 Å². The summed E-state index contributed by atoms with van der Waals surface area (Å²) in [6.07, 6.45) is 6.45. The summed E-state index contributed by atoms with van der Waals surface area (Å²) in [6, 6.07) is 89.3. The zero-order valence-electron chi connectivity index (χ0n) is 69.3. The molecule has 9 aromatic carbocycles. The van der Waals surface area contributed by atoms with E-state index in [4.69, 9.17) is 9.47 Å². The van der Waals surface area contributed by atoms with Gasteiger partial charge < -0.3 is 9.47 Å². The van der Waals surface area contributed by atoms with Gasteiger partial charge in [0.1, 0.15) is 22.8 Å². The molecule has 9 aromatic rings. The number of halogens is 4. The molecule has 0 N–H and O–H groups in total. The number of Topliss-reactive ketones (excluding diaryl/α,β-unsaturated/α-hetero) is 2. The van der Waals surface area contributed by atoms with Crippen molar-refractivity contribution in [1.29, 1.82) is 0 Å². The molecule has 0 heterocycles. The van der Waals surface area contributed by atoms with E-state index >= 15 is 0 Å². The van der Waals surface area contributed by atoms with Crippen molar-refractivity contribution in [2.45, 2.75) is 276 Å². The smallest absolute Gasteiger partial charge is 0.377 e. The van der Waals surface area contributed by atoms with Crippen LogP contribution in [0.2, 0.25) is 0 Å². The lowest BCUT2D eigenvalue weighted by Crippen LogP contribution is -2.57. The van der Waals surface area contributed by atoms with Gasteiger partial charge in [-0.15, -0.1) is 0 Å². The average Bonchev–Trinajstić information content (AvgIpc) is 0.739. The highest BCUT2D eigenvalue weighted by atomic mass is 32.2. The van der Waals surface area contributed by atoms with E-state index < -0.39 is 35.0 Å². The second kappa shape index (κ2) is 34.5. The van der Waals surface area contributed by atoms with Crippen LogP contribution in [0.5, 0.6) is 0 Å². The van der Waals surface area contributed by atoms with E-state index in [0.717, 1.165) is 25.7 Å². The number of benzene rings is 9. The summed E-state index contributed by atoms with van der Waals surface area (Å²) in [4.78, 5) is 58.9. The highest BCUT2D eigenvalue weighted by Gasteiger charge is 2.60. The van der Waals surface area contributed by atoms with E-state index in [2.05, 4.69) is 347 Å². The Morgan fingerprint density at radius 1 is 0.274 bits per heavy atom. The SMILES string of the molecule is CC(C)(C)c1ccc([S+](c2ccc(C(C)(C)C)cc2)c2ccc(C(C)(C)C)cc2)cc1.CC(C)(C)c1ccc([S+](c2ccccc2)c2ccc(C(C)(C)C)cc2)cc1.CC(F)(F)C(=O)OC12CC3CC(C1)C(=O)C(C3)C2.CC(F)(F)C(=O)OC12CC3CC(C1)C(=O)C(C3)C2.c1ccc([S+](c2ccccc2)c2ccccc2)cc1. The molecule has 0 saturated heterocycles. The van der Waals surface area contributed by atoms with Gasteiger partial charge in [0, 0.05) is 37.5 Å². The Kier molecular flexibility index (Phi) is 26.2. The molecule has 113 heavy (non-hydrogen) atoms. The van der Waals surface area contributed by atoms with Crippen molar-refractivity contribution in [2.75, 3.05) is 0 Å². The Hall–Kier alpha value is -7.97. The van der Waals surface area contributed by atoms with Crippen molar-refractivity contribution in [3.8, 4) is 0 Å². The number of esters is 2. The third-order valence-corrected chi connectivity index (χ3v) is 29.6. The van der Waals surface area contributed by atoms with Crippen LogP contribution in [0.1, 0.15) is 210 Å². The standard InChI is InChI=1S/C30H39S.C26H31S.C18H15S.2C13H16F2O3/c1-28(2,3)22-10-16-25(17-11-22)31(26-18-12-23(13-19-26)29(4,5)6)27-20-14-24(15-21-27)30(7,8)9;1-25(2,3)20-12-16-23(17-13-20)27(22-10-8-7-9-11-22)24-18-14-21(15-19-24)26(4,5)6;1-4-10-16(11-5-1)19(17-12-6-2-7-13-17)18-14-8-3-9-15-18;2*1-12(14,15)11(17)18-13-4-7-2-8(5-13)10(16)9(3-7)6-13/h10-21H,1-9H3;7-19H,1-6H3;1-15H;2*7-9H,2-6H2,1H3/q3*+1;;. The second-order valence-electron chi connectivity index (χ2n) is 37.5. The molecule has 0 aliphatic heterocycles. The molecule has 8 saturated carbocycles. The lowest BCUT2D eigenvalue weighted by Gasteiger charge is -2.54. The quantitative estimate of drug-likeness (QED) is 0.0649. The van der Waals surface area contributed by atoms with Gasteiger partial charge in [0.15, 0.2) is 44.1 Å². The zero-order valence-corrected chi connectivity index (χ0v) is 71.8. The summed E-state index contributed by atoms with van der Waals surface area (Å²) >= 11 is 0. The van der Waals surface area contributed by atoms with Gasteiger partial charge in [-0.3, -0.25) is 9.59 Å². The summed E-state index contributed by atoms with van der Waals surface area (Å²) in [5.74, 6) is -8.87. The first-order chi connectivity index (χ1) is 53.0. The molecule has 8 bridgehead atoms. The molecule has 0 spiro atoms. The number of hydrogen-bond acceptors (Lipinski definition) is 6. The summed E-state index contributed by atoms with van der Waals surface area (Å²) in [6.45, 7) is 35.2. The third-order valence-electron chi connectivity index (χ3n) is 22.9. The number of ether oxygens (including phenoxy) is 2. The zero-order chi connectivity index (χ0) is 81.9. The molecule has 8 fully saturated rings. The van der Waals surface area contributed by atoms with Crippen molar-refractivity contribution in [3.05, 3.63) is 270 Å². The topological polar surface area (TPSA) is 86.7 Å². The Labute approximate surface area is 679 Å². The summed E-state index contributed by atoms with van der Waals surface area (Å²) in [5, 5.41) is 0. The number of carbonyl (C=O) groups is 4. The van der Waals surface area contributed by atoms with Gasteiger partial charge in [-0.05, 0) is 240 Å². The normalized spacial score (nSPS) is 21.7. The lowest BCUT2D eigenvalue weighted by molar-refractivity contribution is -0.207. The summed E-state index contributed by atoms with van der Waals surface area (Å²) in [5.41, 5.74) is 6.18. The minimum atomic E-state index is -3.45. The summed E-state index contributed by atoms with van der Waals surface area (Å²) in [7, 11) is -0.219. The van der Waals surface area contributed by atoms with Crippen LogP contribution < -0.4 is 0 Å². The molecule has 0 amide bonds. The lowest BCUT2D eigenvalue weighted by atomic mass is 9.53. The van der Waals surface area contributed by atoms with E-state index in [1.807, 2.05) is 0 Å². The van der Waals surface area contributed by atoms with Crippen LogP contribution in [0, 0.1) is 35.5 Å². The third kappa shape index (κ3) is 21.6. The maximum atomic E-state index is 12.9. The highest BCUT2D eigenvalue weighted by molar-refractivity contribution is 7.97. The number of hydrogen-bond donors (Lipinski definition) is 0. The highest BCUT2D eigenvalue weighted by Crippen LogP contribution is 2.58. The van der Waals surface area contributed by atoms with Crippen LogP contribution in [0.25, 0.3) is 0 Å². The number of rotatable bonds is 13. The first-order valence-corrected chi connectivity index (χ1v) is 43.9. The number of alkyl halides is 4. The number of ketones is 2. The van der Waals surface area contributed by atoms with Crippen LogP contribution >= 0.6 is 0 Å². The van der Waals surface area contributed by atoms with Gasteiger partial charge in [0.2, 0.25) is 0 Å². The van der Waals surface area contributed by atoms with E-state index in [0.29, 0.717) is 64.2 Å². The molecule has 6 nitrogen and oxygen atoms in total. The predicted octanol–water partition coefficient (Wildman–Crippen LogP) is 25.5. The molecule has 8 aliphatic carbocycles. The predicted molar refractivity (Wildman–Crippen MR) is 454 cm³/mol. The molecular weight excluding hydrogens is 1470 g/mol. The van der Waals surface area contributed by atoms with Gasteiger partial charge in [-0.2, -0.15) is 17.6 Å². The van der Waals surface area contributed by atoms with Gasteiger partial charge >= 0.3 is 23.8 Å². The van der Waals surface area contributed by atoms with E-state index in [9.17, 15) is 36.7 Å². The fourth-order valence-electron chi connectivity index (χ4n) is 17.1. The van der Waals surface area contributed by atoms with Gasteiger partial charge in [-0.25, -0.2) is 9.59 Å². The molecule has 0 aromatic heterocycles. The van der Waals surface area contributed by atoms with Crippen molar-refractivity contribution < 1.29 is 46.2 Å². The Bertz CT molecular complexity index is 4260. The molecule has 4 unspecified atom stereocenters. The molecule has 8 aliphatic rings. The molecule has 4 atom stereocenters. The molecule has 13 heteroatoms. The van der Waals surface area contributed by atoms with Gasteiger partial charge in [-0.1, -0.05) is 237 Å². The minimum Gasteiger partial charge on any atom is -0.455 e. The fourth-order valence-corrected chi connectivity index (χ4v) is 23.3. The second-order valence-corrected chi connectivity index (χ2v) is 43.5. The van der Waals surface area contributed by atoms with Gasteiger partial charge in [0.25, 0.3) is 0 Å². The molecule has 17 rings (SSSR count). The van der Waals surface area contributed by atoms with E-state index in [1.54, 1.807) is 0 Å². The monoisotopic (exact) mass is 1590 g/mol. The van der Waals surface area contributed by atoms with Crippen LogP contribution in [0.4, 0.5) is 17.6 Å². The maximum Gasteiger partial charge on any atom is 0.377 e. The average molecular weight is 1590 g/mol. The fraction of sp³-hybridized carbons (Fsp3) is 0.420. The molecular formula is C100H117F4O6S3+3. The minimum absolute atomic E-state index is 0.0146. The van der Waals surface area contributed by atoms with Crippen molar-refractivity contribution in [2.24, 2.45) is 35.5 Å². The van der Waals surface area contributed by atoms with Crippen LogP contribution in [-0.2, 0) is 88.4 Å². The Morgan fingerprint density at radius 3 is 0.602 bits per heavy atom. The maximum absolute atomic E-state index is 12.9.